The molecule has 2 heteroatoms. The van der Waals surface area contributed by atoms with Crippen molar-refractivity contribution in [3.8, 4) is 0 Å². The lowest BCUT2D eigenvalue weighted by atomic mass is 10.1. The third-order valence-corrected chi connectivity index (χ3v) is 6.24. The van der Waals surface area contributed by atoms with E-state index in [0.717, 1.165) is 12.8 Å². The Morgan fingerprint density at radius 1 is 0.652 bits per heavy atom. The molecule has 0 aliphatic carbocycles. The molecule has 3 aromatic carbocycles. The first-order valence-electron chi connectivity index (χ1n) is 7.98. The standard InChI is InChI=1S/C21H21OP/c22-16-8-10-18-9-7-15-21(17-18)23(19-11-3-1-4-12-19)20-13-5-2-6-14-20/h1-7,9,11-15,17,22H,8,10,16H2. The summed E-state index contributed by atoms with van der Waals surface area (Å²) in [5.74, 6) is 0. The molecule has 0 radical (unpaired) electrons. The molecule has 1 N–H and O–H groups in total. The number of rotatable bonds is 6. The van der Waals surface area contributed by atoms with E-state index in [4.69, 9.17) is 5.11 Å². The van der Waals surface area contributed by atoms with Gasteiger partial charge in [-0.3, -0.25) is 0 Å². The molecule has 0 bridgehead atoms. The van der Waals surface area contributed by atoms with E-state index >= 15 is 0 Å². The summed E-state index contributed by atoms with van der Waals surface area (Å²) in [4.78, 5) is 0. The minimum atomic E-state index is -0.540. The molecule has 0 spiro atoms. The molecular formula is C21H21OP. The maximum absolute atomic E-state index is 9.07. The molecule has 0 fully saturated rings. The molecule has 23 heavy (non-hydrogen) atoms. The SMILES string of the molecule is OCCCc1cccc(P(c2ccccc2)c2ccccc2)c1. The van der Waals surface area contributed by atoms with E-state index in [1.807, 2.05) is 0 Å². The fourth-order valence-electron chi connectivity index (χ4n) is 2.74. The zero-order valence-electron chi connectivity index (χ0n) is 13.1. The molecular weight excluding hydrogens is 299 g/mol. The van der Waals surface area contributed by atoms with E-state index < -0.39 is 7.92 Å². The van der Waals surface area contributed by atoms with Gasteiger partial charge in [0.05, 0.1) is 0 Å². The Bertz CT molecular complexity index is 686. The summed E-state index contributed by atoms with van der Waals surface area (Å²) >= 11 is 0. The highest BCUT2D eigenvalue weighted by Crippen LogP contribution is 2.32. The van der Waals surface area contributed by atoms with Gasteiger partial charge in [0.1, 0.15) is 0 Å². The Balaban J connectivity index is 2.02. The second-order valence-corrected chi connectivity index (χ2v) is 7.72. The van der Waals surface area contributed by atoms with Crippen molar-refractivity contribution in [2.75, 3.05) is 6.61 Å². The first-order valence-corrected chi connectivity index (χ1v) is 9.32. The summed E-state index contributed by atoms with van der Waals surface area (Å²) in [5, 5.41) is 13.2. The van der Waals surface area contributed by atoms with Gasteiger partial charge in [0.15, 0.2) is 0 Å². The molecule has 116 valence electrons. The van der Waals surface area contributed by atoms with Gasteiger partial charge in [-0.2, -0.15) is 0 Å². The highest BCUT2D eigenvalue weighted by atomic mass is 31.1. The molecule has 0 atom stereocenters. The zero-order valence-corrected chi connectivity index (χ0v) is 14.0. The molecule has 0 unspecified atom stereocenters. The molecule has 0 aromatic heterocycles. The van der Waals surface area contributed by atoms with Gasteiger partial charge in [-0.1, -0.05) is 84.9 Å². The third-order valence-electron chi connectivity index (χ3n) is 3.82. The van der Waals surface area contributed by atoms with Crippen LogP contribution in [0.2, 0.25) is 0 Å². The molecule has 0 heterocycles. The lowest BCUT2D eigenvalue weighted by molar-refractivity contribution is 0.288. The Kier molecular flexibility index (Phi) is 5.58. The predicted octanol–water partition coefficient (Wildman–Crippen LogP) is 3.37. The summed E-state index contributed by atoms with van der Waals surface area (Å²) in [6.07, 6.45) is 1.75. The van der Waals surface area contributed by atoms with Crippen molar-refractivity contribution in [1.29, 1.82) is 0 Å². The number of aliphatic hydroxyl groups excluding tert-OH is 1. The second kappa shape index (κ2) is 8.06. The number of benzene rings is 3. The number of aliphatic hydroxyl groups is 1. The Labute approximate surface area is 139 Å². The molecule has 3 rings (SSSR count). The van der Waals surface area contributed by atoms with Gasteiger partial charge >= 0.3 is 0 Å². The summed E-state index contributed by atoms with van der Waals surface area (Å²) < 4.78 is 0. The quantitative estimate of drug-likeness (QED) is 0.691. The van der Waals surface area contributed by atoms with Crippen molar-refractivity contribution in [2.24, 2.45) is 0 Å². The van der Waals surface area contributed by atoms with Crippen LogP contribution < -0.4 is 15.9 Å². The number of aryl methyl sites for hydroxylation is 1. The average molecular weight is 320 g/mol. The van der Waals surface area contributed by atoms with Crippen LogP contribution in [0, 0.1) is 0 Å². The molecule has 0 aliphatic rings. The Morgan fingerprint density at radius 3 is 1.78 bits per heavy atom. The van der Waals surface area contributed by atoms with Crippen molar-refractivity contribution < 1.29 is 5.11 Å². The summed E-state index contributed by atoms with van der Waals surface area (Å²) in [6.45, 7) is 0.246. The van der Waals surface area contributed by atoms with Crippen LogP contribution in [0.25, 0.3) is 0 Å². The van der Waals surface area contributed by atoms with Crippen LogP contribution in [0.4, 0.5) is 0 Å². The summed E-state index contributed by atoms with van der Waals surface area (Å²) in [6, 6.07) is 30.3. The normalized spacial score (nSPS) is 10.9. The first kappa shape index (κ1) is 15.9. The van der Waals surface area contributed by atoms with E-state index in [2.05, 4.69) is 84.9 Å². The highest BCUT2D eigenvalue weighted by molar-refractivity contribution is 7.79. The van der Waals surface area contributed by atoms with Gasteiger partial charge in [-0.15, -0.1) is 0 Å². The van der Waals surface area contributed by atoms with Crippen molar-refractivity contribution in [3.05, 3.63) is 90.5 Å². The lowest BCUT2D eigenvalue weighted by Crippen LogP contribution is -2.20. The van der Waals surface area contributed by atoms with E-state index in [1.165, 1.54) is 21.5 Å². The van der Waals surface area contributed by atoms with E-state index in [1.54, 1.807) is 0 Å². The van der Waals surface area contributed by atoms with E-state index in [-0.39, 0.29) is 6.61 Å². The van der Waals surface area contributed by atoms with Crippen molar-refractivity contribution >= 4 is 23.8 Å². The van der Waals surface area contributed by atoms with Gasteiger partial charge in [0.2, 0.25) is 0 Å². The van der Waals surface area contributed by atoms with Crippen LogP contribution in [0.1, 0.15) is 12.0 Å². The predicted molar refractivity (Wildman–Crippen MR) is 101 cm³/mol. The average Bonchev–Trinajstić information content (AvgIpc) is 2.62. The monoisotopic (exact) mass is 320 g/mol. The highest BCUT2D eigenvalue weighted by Gasteiger charge is 2.16. The zero-order chi connectivity index (χ0) is 15.9. The Morgan fingerprint density at radius 2 is 1.22 bits per heavy atom. The molecule has 0 amide bonds. The van der Waals surface area contributed by atoms with Crippen molar-refractivity contribution in [3.63, 3.8) is 0 Å². The smallest absolute Gasteiger partial charge is 0.0434 e. The van der Waals surface area contributed by atoms with Crippen LogP contribution in [-0.2, 0) is 6.42 Å². The van der Waals surface area contributed by atoms with Gasteiger partial charge < -0.3 is 5.11 Å². The molecule has 3 aromatic rings. The van der Waals surface area contributed by atoms with Gasteiger partial charge in [0, 0.05) is 6.61 Å². The fourth-order valence-corrected chi connectivity index (χ4v) is 5.10. The van der Waals surface area contributed by atoms with Crippen molar-refractivity contribution in [2.45, 2.75) is 12.8 Å². The third kappa shape index (κ3) is 4.07. The van der Waals surface area contributed by atoms with Gasteiger partial charge in [-0.25, -0.2) is 0 Å². The maximum Gasteiger partial charge on any atom is 0.0434 e. The van der Waals surface area contributed by atoms with Crippen LogP contribution in [0.3, 0.4) is 0 Å². The first-order chi connectivity index (χ1) is 11.4. The van der Waals surface area contributed by atoms with Crippen LogP contribution in [-0.4, -0.2) is 11.7 Å². The van der Waals surface area contributed by atoms with E-state index in [9.17, 15) is 0 Å². The summed E-state index contributed by atoms with van der Waals surface area (Å²) in [5.41, 5.74) is 1.30. The largest absolute Gasteiger partial charge is 0.396 e. The molecule has 0 aliphatic heterocycles. The van der Waals surface area contributed by atoms with Crippen LogP contribution in [0.5, 0.6) is 0 Å². The van der Waals surface area contributed by atoms with Crippen LogP contribution in [0.15, 0.2) is 84.9 Å². The minimum Gasteiger partial charge on any atom is -0.396 e. The topological polar surface area (TPSA) is 20.2 Å². The number of hydrogen-bond donors (Lipinski definition) is 1. The maximum atomic E-state index is 9.07. The summed E-state index contributed by atoms with van der Waals surface area (Å²) in [7, 11) is -0.540. The lowest BCUT2D eigenvalue weighted by Gasteiger charge is -2.20. The minimum absolute atomic E-state index is 0.246. The van der Waals surface area contributed by atoms with Crippen molar-refractivity contribution in [1.82, 2.24) is 0 Å². The fraction of sp³-hybridized carbons (Fsp3) is 0.143. The molecule has 0 saturated carbocycles. The van der Waals surface area contributed by atoms with Crippen LogP contribution >= 0.6 is 7.92 Å². The Hall–Kier alpha value is -1.95. The van der Waals surface area contributed by atoms with E-state index in [0.29, 0.717) is 0 Å². The number of hydrogen-bond acceptors (Lipinski definition) is 1. The molecule has 0 saturated heterocycles. The molecule has 1 nitrogen and oxygen atoms in total. The second-order valence-electron chi connectivity index (χ2n) is 5.50. The van der Waals surface area contributed by atoms with Gasteiger partial charge in [0.25, 0.3) is 0 Å². The van der Waals surface area contributed by atoms with Gasteiger partial charge in [-0.05, 0) is 42.2 Å².